The summed E-state index contributed by atoms with van der Waals surface area (Å²) < 4.78 is 0. The van der Waals surface area contributed by atoms with Crippen LogP contribution >= 0.6 is 11.3 Å². The maximum Gasteiger partial charge on any atom is 0.0900 e. The van der Waals surface area contributed by atoms with E-state index in [-0.39, 0.29) is 0 Å². The second kappa shape index (κ2) is 4.20. The Hall–Kier alpha value is -0.450. The fourth-order valence-electron chi connectivity index (χ4n) is 2.24. The summed E-state index contributed by atoms with van der Waals surface area (Å²) in [7, 11) is 1.98. The summed E-state index contributed by atoms with van der Waals surface area (Å²) in [6, 6.07) is 0. The van der Waals surface area contributed by atoms with Crippen molar-refractivity contribution in [3.8, 4) is 0 Å². The minimum absolute atomic E-state index is 0.304. The van der Waals surface area contributed by atoms with Crippen LogP contribution in [0.25, 0.3) is 0 Å². The molecule has 1 saturated heterocycles. The Morgan fingerprint density at radius 1 is 1.60 bits per heavy atom. The molecule has 0 radical (unpaired) electrons. The predicted molar refractivity (Wildman–Crippen MR) is 64.5 cm³/mol. The first-order valence-electron chi connectivity index (χ1n) is 5.48. The van der Waals surface area contributed by atoms with E-state index in [0.717, 1.165) is 19.6 Å². The van der Waals surface area contributed by atoms with Crippen LogP contribution in [0.5, 0.6) is 0 Å². The molecule has 1 aliphatic rings. The molecule has 1 unspecified atom stereocenters. The third kappa shape index (κ3) is 2.07. The van der Waals surface area contributed by atoms with E-state index in [4.69, 9.17) is 0 Å². The highest BCUT2D eigenvalue weighted by Gasteiger charge is 2.34. The number of nitrogens with zero attached hydrogens (tertiary/aromatic N) is 1. The minimum atomic E-state index is 0.304. The molecule has 1 aromatic rings. The Labute approximate surface area is 95.3 Å². The molecule has 0 amide bonds. The second-order valence-corrected chi connectivity index (χ2v) is 5.73. The van der Waals surface area contributed by atoms with Gasteiger partial charge in [-0.15, -0.1) is 11.3 Å². The van der Waals surface area contributed by atoms with Crippen molar-refractivity contribution in [1.82, 2.24) is 15.6 Å². The number of aryl methyl sites for hydroxylation is 1. The molecule has 15 heavy (non-hydrogen) atoms. The molecule has 1 aliphatic heterocycles. The van der Waals surface area contributed by atoms with E-state index >= 15 is 0 Å². The molecule has 0 aromatic carbocycles. The van der Waals surface area contributed by atoms with E-state index < -0.39 is 0 Å². The van der Waals surface area contributed by atoms with E-state index in [0.29, 0.717) is 5.41 Å². The van der Waals surface area contributed by atoms with Crippen LogP contribution in [0.15, 0.2) is 0 Å². The Kier molecular flexibility index (Phi) is 3.09. The third-order valence-corrected chi connectivity index (χ3v) is 4.38. The topological polar surface area (TPSA) is 37.0 Å². The lowest BCUT2D eigenvalue weighted by atomic mass is 9.87. The molecule has 2 heterocycles. The number of thiazole rings is 1. The molecule has 4 heteroatoms. The highest BCUT2D eigenvalue weighted by Crippen LogP contribution is 2.36. The largest absolute Gasteiger partial charge is 0.316 e. The van der Waals surface area contributed by atoms with E-state index in [1.807, 2.05) is 18.4 Å². The van der Waals surface area contributed by atoms with Crippen LogP contribution in [-0.4, -0.2) is 25.1 Å². The number of nitrogens with one attached hydrogen (secondary N) is 2. The molecule has 0 spiro atoms. The minimum Gasteiger partial charge on any atom is -0.316 e. The lowest BCUT2D eigenvalue weighted by Crippen LogP contribution is -2.26. The number of hydrogen-bond acceptors (Lipinski definition) is 4. The molecule has 0 aliphatic carbocycles. The van der Waals surface area contributed by atoms with Crippen LogP contribution in [0, 0.1) is 6.92 Å². The lowest BCUT2D eigenvalue weighted by Gasteiger charge is -2.22. The van der Waals surface area contributed by atoms with Gasteiger partial charge in [-0.2, -0.15) is 0 Å². The van der Waals surface area contributed by atoms with Crippen LogP contribution in [-0.2, 0) is 12.0 Å². The second-order valence-electron chi connectivity index (χ2n) is 4.53. The fraction of sp³-hybridized carbons (Fsp3) is 0.727. The zero-order chi connectivity index (χ0) is 10.9. The SMILES string of the molecule is CNCc1nc(C)sc1C1(C)CCNC1. The first kappa shape index (κ1) is 11.0. The summed E-state index contributed by atoms with van der Waals surface area (Å²) in [5.74, 6) is 0. The van der Waals surface area contributed by atoms with Gasteiger partial charge >= 0.3 is 0 Å². The summed E-state index contributed by atoms with van der Waals surface area (Å²) >= 11 is 1.86. The molecule has 3 nitrogen and oxygen atoms in total. The fourth-order valence-corrected chi connectivity index (χ4v) is 3.35. The molecule has 2 N–H and O–H groups in total. The standard InChI is InChI=1S/C11H19N3S/c1-8-14-9(6-12-3)10(15-8)11(2)4-5-13-7-11/h12-13H,4-7H2,1-3H3. The van der Waals surface area contributed by atoms with Crippen molar-refractivity contribution < 1.29 is 0 Å². The van der Waals surface area contributed by atoms with Crippen LogP contribution in [0.4, 0.5) is 0 Å². The van der Waals surface area contributed by atoms with Gasteiger partial charge < -0.3 is 10.6 Å². The zero-order valence-electron chi connectivity index (χ0n) is 9.68. The quantitative estimate of drug-likeness (QED) is 0.817. The zero-order valence-corrected chi connectivity index (χ0v) is 10.5. The third-order valence-electron chi connectivity index (χ3n) is 3.07. The molecule has 0 bridgehead atoms. The van der Waals surface area contributed by atoms with Crippen molar-refractivity contribution in [1.29, 1.82) is 0 Å². The average Bonchev–Trinajstić information content (AvgIpc) is 2.75. The molecule has 1 aromatic heterocycles. The van der Waals surface area contributed by atoms with Crippen molar-refractivity contribution in [2.75, 3.05) is 20.1 Å². The van der Waals surface area contributed by atoms with Crippen molar-refractivity contribution in [2.24, 2.45) is 0 Å². The van der Waals surface area contributed by atoms with Gasteiger partial charge in [0.2, 0.25) is 0 Å². The number of rotatable bonds is 3. The van der Waals surface area contributed by atoms with Crippen LogP contribution < -0.4 is 10.6 Å². The van der Waals surface area contributed by atoms with Crippen molar-refractivity contribution >= 4 is 11.3 Å². The molecular formula is C11H19N3S. The normalized spacial score (nSPS) is 26.1. The Morgan fingerprint density at radius 3 is 3.00 bits per heavy atom. The van der Waals surface area contributed by atoms with Crippen LogP contribution in [0.2, 0.25) is 0 Å². The summed E-state index contributed by atoms with van der Waals surface area (Å²) in [5.41, 5.74) is 1.55. The summed E-state index contributed by atoms with van der Waals surface area (Å²) in [6.45, 7) is 7.55. The first-order chi connectivity index (χ1) is 7.15. The lowest BCUT2D eigenvalue weighted by molar-refractivity contribution is 0.527. The Bertz CT molecular complexity index is 340. The van der Waals surface area contributed by atoms with Crippen molar-refractivity contribution in [3.63, 3.8) is 0 Å². The summed E-state index contributed by atoms with van der Waals surface area (Å²) in [5, 5.41) is 7.83. The molecule has 1 fully saturated rings. The smallest absolute Gasteiger partial charge is 0.0900 e. The summed E-state index contributed by atoms with van der Waals surface area (Å²) in [4.78, 5) is 6.09. The van der Waals surface area contributed by atoms with Crippen LogP contribution in [0.3, 0.4) is 0 Å². The highest BCUT2D eigenvalue weighted by atomic mass is 32.1. The predicted octanol–water partition coefficient (Wildman–Crippen LogP) is 1.42. The molecular weight excluding hydrogens is 206 g/mol. The van der Waals surface area contributed by atoms with E-state index in [1.165, 1.54) is 22.0 Å². The van der Waals surface area contributed by atoms with E-state index in [2.05, 4.69) is 29.5 Å². The van der Waals surface area contributed by atoms with E-state index in [9.17, 15) is 0 Å². The maximum absolute atomic E-state index is 4.62. The molecule has 2 rings (SSSR count). The van der Waals surface area contributed by atoms with E-state index in [1.54, 1.807) is 0 Å². The Balaban J connectivity index is 2.33. The Morgan fingerprint density at radius 2 is 2.40 bits per heavy atom. The van der Waals surface area contributed by atoms with Gasteiger partial charge in [-0.05, 0) is 26.9 Å². The molecule has 0 saturated carbocycles. The van der Waals surface area contributed by atoms with Gasteiger partial charge in [0.05, 0.1) is 10.7 Å². The summed E-state index contributed by atoms with van der Waals surface area (Å²) in [6.07, 6.45) is 1.23. The van der Waals surface area contributed by atoms with Gasteiger partial charge in [0.15, 0.2) is 0 Å². The van der Waals surface area contributed by atoms with Gasteiger partial charge in [-0.25, -0.2) is 4.98 Å². The highest BCUT2D eigenvalue weighted by molar-refractivity contribution is 7.11. The van der Waals surface area contributed by atoms with Crippen molar-refractivity contribution in [2.45, 2.75) is 32.2 Å². The monoisotopic (exact) mass is 225 g/mol. The number of aromatic nitrogens is 1. The van der Waals surface area contributed by atoms with Crippen LogP contribution in [0.1, 0.15) is 28.9 Å². The number of hydrogen-bond donors (Lipinski definition) is 2. The first-order valence-corrected chi connectivity index (χ1v) is 6.29. The molecule has 1 atom stereocenters. The van der Waals surface area contributed by atoms with Gasteiger partial charge in [0, 0.05) is 23.4 Å². The van der Waals surface area contributed by atoms with Gasteiger partial charge in [0.25, 0.3) is 0 Å². The van der Waals surface area contributed by atoms with Gasteiger partial charge in [-0.3, -0.25) is 0 Å². The molecule has 84 valence electrons. The average molecular weight is 225 g/mol. The van der Waals surface area contributed by atoms with Gasteiger partial charge in [0.1, 0.15) is 0 Å². The maximum atomic E-state index is 4.62. The van der Waals surface area contributed by atoms with Crippen molar-refractivity contribution in [3.05, 3.63) is 15.6 Å². The van der Waals surface area contributed by atoms with Gasteiger partial charge in [-0.1, -0.05) is 6.92 Å².